The highest BCUT2D eigenvalue weighted by molar-refractivity contribution is 7.89. The van der Waals surface area contributed by atoms with E-state index in [1.807, 2.05) is 25.1 Å². The Morgan fingerprint density at radius 2 is 2.14 bits per heavy atom. The maximum atomic E-state index is 12.3. The molecular weight excluding hydrogens is 302 g/mol. The predicted molar refractivity (Wildman–Crippen MR) is 83.9 cm³/mol. The van der Waals surface area contributed by atoms with Crippen molar-refractivity contribution < 1.29 is 13.2 Å². The summed E-state index contributed by atoms with van der Waals surface area (Å²) in [6, 6.07) is 5.49. The second-order valence-corrected chi connectivity index (χ2v) is 8.33. The minimum absolute atomic E-state index is 0.0356. The summed E-state index contributed by atoms with van der Waals surface area (Å²) < 4.78 is 26.0. The highest BCUT2D eigenvalue weighted by Gasteiger charge is 2.50. The number of nitrogens with zero attached hydrogens (tertiary/aromatic N) is 3. The number of sulfonamides is 1. The van der Waals surface area contributed by atoms with Crippen LogP contribution in [0, 0.1) is 5.41 Å². The summed E-state index contributed by atoms with van der Waals surface area (Å²) in [7, 11) is -3.19. The lowest BCUT2D eigenvalue weighted by Crippen LogP contribution is -2.35. The fourth-order valence-electron chi connectivity index (χ4n) is 3.41. The molecule has 2 fully saturated rings. The Kier molecular flexibility index (Phi) is 3.94. The van der Waals surface area contributed by atoms with Gasteiger partial charge < -0.3 is 0 Å². The molecule has 22 heavy (non-hydrogen) atoms. The molecule has 6 nitrogen and oxygen atoms in total. The second-order valence-electron chi connectivity index (χ2n) is 6.24. The van der Waals surface area contributed by atoms with E-state index >= 15 is 0 Å². The zero-order valence-corrected chi connectivity index (χ0v) is 13.6. The highest BCUT2D eigenvalue weighted by atomic mass is 32.2. The minimum atomic E-state index is -3.19. The van der Waals surface area contributed by atoms with Crippen molar-refractivity contribution in [2.45, 2.75) is 26.2 Å². The Balaban J connectivity index is 1.76. The maximum Gasteiger partial charge on any atom is 0.228 e. The van der Waals surface area contributed by atoms with Crippen molar-refractivity contribution in [3.8, 4) is 0 Å². The summed E-state index contributed by atoms with van der Waals surface area (Å²) in [6.45, 7) is 3.39. The van der Waals surface area contributed by atoms with Gasteiger partial charge in [-0.15, -0.1) is 0 Å². The Morgan fingerprint density at radius 1 is 1.32 bits per heavy atom. The molecule has 3 rings (SSSR count). The number of hydrogen-bond donors (Lipinski definition) is 0. The molecule has 0 unspecified atom stereocenters. The SMILES string of the molecule is CCCS(=O)(=O)N1CC[C@@]2(CC(=O)N(c3ccccn3)C2)C1. The van der Waals surface area contributed by atoms with Crippen LogP contribution in [0.4, 0.5) is 5.82 Å². The van der Waals surface area contributed by atoms with E-state index in [1.54, 1.807) is 15.4 Å². The van der Waals surface area contributed by atoms with Crippen molar-refractivity contribution in [2.75, 3.05) is 30.3 Å². The number of carbonyl (C=O) groups excluding carboxylic acids is 1. The molecule has 0 radical (unpaired) electrons. The van der Waals surface area contributed by atoms with Crippen LogP contribution in [0.1, 0.15) is 26.2 Å². The van der Waals surface area contributed by atoms with Crippen molar-refractivity contribution in [3.63, 3.8) is 0 Å². The normalized spacial score (nSPS) is 26.2. The average molecular weight is 323 g/mol. The molecule has 1 atom stereocenters. The number of amides is 1. The van der Waals surface area contributed by atoms with Gasteiger partial charge in [-0.25, -0.2) is 17.7 Å². The zero-order valence-electron chi connectivity index (χ0n) is 12.7. The summed E-state index contributed by atoms with van der Waals surface area (Å²) in [5.41, 5.74) is -0.255. The van der Waals surface area contributed by atoms with Crippen LogP contribution in [0.3, 0.4) is 0 Å². The number of aromatic nitrogens is 1. The molecule has 2 saturated heterocycles. The smallest absolute Gasteiger partial charge is 0.228 e. The maximum absolute atomic E-state index is 12.3. The summed E-state index contributed by atoms with van der Waals surface area (Å²) >= 11 is 0. The topological polar surface area (TPSA) is 70.6 Å². The molecule has 7 heteroatoms. The number of anilines is 1. The van der Waals surface area contributed by atoms with Gasteiger partial charge in [0.2, 0.25) is 15.9 Å². The van der Waals surface area contributed by atoms with Crippen molar-refractivity contribution >= 4 is 21.7 Å². The van der Waals surface area contributed by atoms with Gasteiger partial charge in [0.05, 0.1) is 5.75 Å². The van der Waals surface area contributed by atoms with E-state index in [0.29, 0.717) is 38.3 Å². The first-order valence-electron chi connectivity index (χ1n) is 7.65. The molecule has 0 saturated carbocycles. The highest BCUT2D eigenvalue weighted by Crippen LogP contribution is 2.42. The first-order valence-corrected chi connectivity index (χ1v) is 9.26. The average Bonchev–Trinajstić information content (AvgIpc) is 3.04. The lowest BCUT2D eigenvalue weighted by molar-refractivity contribution is -0.117. The van der Waals surface area contributed by atoms with Gasteiger partial charge in [0.1, 0.15) is 5.82 Å². The third-order valence-corrected chi connectivity index (χ3v) is 6.53. The van der Waals surface area contributed by atoms with E-state index in [-0.39, 0.29) is 17.1 Å². The summed E-state index contributed by atoms with van der Waals surface area (Å²) in [4.78, 5) is 18.3. The van der Waals surface area contributed by atoms with Gasteiger partial charge >= 0.3 is 0 Å². The molecule has 1 amide bonds. The van der Waals surface area contributed by atoms with Crippen LogP contribution >= 0.6 is 0 Å². The molecule has 1 spiro atoms. The Bertz CT molecular complexity index is 662. The van der Waals surface area contributed by atoms with Gasteiger partial charge in [-0.1, -0.05) is 13.0 Å². The van der Waals surface area contributed by atoms with Crippen LogP contribution in [0.15, 0.2) is 24.4 Å². The van der Waals surface area contributed by atoms with Gasteiger partial charge in [0.15, 0.2) is 0 Å². The molecule has 0 N–H and O–H groups in total. The summed E-state index contributed by atoms with van der Waals surface area (Å²) in [5.74, 6) is 0.869. The molecule has 1 aromatic heterocycles. The fraction of sp³-hybridized carbons (Fsp3) is 0.600. The number of hydrogen-bond acceptors (Lipinski definition) is 4. The molecule has 2 aliphatic heterocycles. The van der Waals surface area contributed by atoms with Crippen LogP contribution in [-0.4, -0.2) is 49.0 Å². The largest absolute Gasteiger partial charge is 0.296 e. The molecule has 0 bridgehead atoms. The van der Waals surface area contributed by atoms with Gasteiger partial charge in [0.25, 0.3) is 0 Å². The van der Waals surface area contributed by atoms with Crippen LogP contribution < -0.4 is 4.90 Å². The van der Waals surface area contributed by atoms with Crippen LogP contribution in [0.2, 0.25) is 0 Å². The lowest BCUT2D eigenvalue weighted by atomic mass is 9.86. The monoisotopic (exact) mass is 323 g/mol. The first-order chi connectivity index (χ1) is 10.5. The van der Waals surface area contributed by atoms with Crippen molar-refractivity contribution in [3.05, 3.63) is 24.4 Å². The molecule has 3 heterocycles. The van der Waals surface area contributed by atoms with Gasteiger partial charge in [-0.05, 0) is 25.0 Å². The van der Waals surface area contributed by atoms with E-state index in [9.17, 15) is 13.2 Å². The molecule has 1 aromatic rings. The van der Waals surface area contributed by atoms with Gasteiger partial charge in [-0.3, -0.25) is 9.69 Å². The first kappa shape index (κ1) is 15.4. The van der Waals surface area contributed by atoms with E-state index in [4.69, 9.17) is 0 Å². The molecular formula is C15H21N3O3S. The Hall–Kier alpha value is -1.47. The van der Waals surface area contributed by atoms with Crippen LogP contribution in [0.5, 0.6) is 0 Å². The Labute approximate surface area is 131 Å². The molecule has 0 aromatic carbocycles. The summed E-state index contributed by atoms with van der Waals surface area (Å²) in [5, 5.41) is 0. The molecule has 2 aliphatic rings. The standard InChI is InChI=1S/C15H21N3O3S/c1-2-9-22(20,21)17-8-6-15(11-17)10-14(19)18(12-15)13-5-3-4-7-16-13/h3-5,7H,2,6,8-12H2,1H3/t15-/m1/s1. The van der Waals surface area contributed by atoms with Crippen LogP contribution in [0.25, 0.3) is 0 Å². The zero-order chi connectivity index (χ0) is 15.8. The third-order valence-electron chi connectivity index (χ3n) is 4.51. The van der Waals surface area contributed by atoms with E-state index < -0.39 is 10.0 Å². The molecule has 120 valence electrons. The van der Waals surface area contributed by atoms with E-state index in [1.165, 1.54) is 0 Å². The quantitative estimate of drug-likeness (QED) is 0.836. The Morgan fingerprint density at radius 3 is 2.82 bits per heavy atom. The van der Waals surface area contributed by atoms with Gasteiger partial charge in [-0.2, -0.15) is 0 Å². The fourth-order valence-corrected chi connectivity index (χ4v) is 5.02. The van der Waals surface area contributed by atoms with E-state index in [0.717, 1.165) is 6.42 Å². The predicted octanol–water partition coefficient (Wildman–Crippen LogP) is 1.25. The van der Waals surface area contributed by atoms with Crippen molar-refractivity contribution in [2.24, 2.45) is 5.41 Å². The van der Waals surface area contributed by atoms with E-state index in [2.05, 4.69) is 4.98 Å². The minimum Gasteiger partial charge on any atom is -0.296 e. The lowest BCUT2D eigenvalue weighted by Gasteiger charge is -2.23. The number of carbonyl (C=O) groups is 1. The number of rotatable bonds is 4. The van der Waals surface area contributed by atoms with Crippen LogP contribution in [-0.2, 0) is 14.8 Å². The van der Waals surface area contributed by atoms with Crippen molar-refractivity contribution in [1.82, 2.24) is 9.29 Å². The molecule has 0 aliphatic carbocycles. The van der Waals surface area contributed by atoms with Crippen molar-refractivity contribution in [1.29, 1.82) is 0 Å². The van der Waals surface area contributed by atoms with Gasteiger partial charge in [0, 0.05) is 37.7 Å². The third kappa shape index (κ3) is 2.75. The second kappa shape index (κ2) is 5.62. The number of pyridine rings is 1. The summed E-state index contributed by atoms with van der Waals surface area (Å²) in [6.07, 6.45) is 3.43.